The maximum atomic E-state index is 16.0. The summed E-state index contributed by atoms with van der Waals surface area (Å²) >= 11 is 0.997. The maximum Gasteiger partial charge on any atom is 0.333 e. The highest BCUT2D eigenvalue weighted by molar-refractivity contribution is 7.22. The molecule has 2 aromatic heterocycles. The van der Waals surface area contributed by atoms with Gasteiger partial charge < -0.3 is 20.7 Å². The molecule has 2 aromatic carbocycles. The number of fused-ring (bicyclic) bond motifs is 2. The number of nitriles is 1. The van der Waals surface area contributed by atoms with Crippen LogP contribution in [-0.4, -0.2) is 39.0 Å². The molecule has 0 unspecified atom stereocenters. The minimum Gasteiger partial charge on any atom is -0.375 e. The van der Waals surface area contributed by atoms with E-state index in [1.165, 1.54) is 12.1 Å². The predicted molar refractivity (Wildman–Crippen MR) is 121 cm³/mol. The van der Waals surface area contributed by atoms with Crippen LogP contribution in [0.1, 0.15) is 5.56 Å². The van der Waals surface area contributed by atoms with Gasteiger partial charge in [-0.2, -0.15) is 15.2 Å². The number of aryl methyl sites for hydroxylation is 1. The molecule has 1 saturated heterocycles. The standard InChI is InChI=1S/C22H15F2N7OS/c1-3-32-22-29-17-13(20(30-22)27-11-7-31(8-11)9-25)6-10(2)15(16(17)24)12-4-5-14(23)19-18(12)28-21(26)33-19/h1,4-6,11H,7-8H2,2H3,(H2,26,28)(H,27,29,30). The number of hydrogen-bond acceptors (Lipinski definition) is 9. The average molecular weight is 463 g/mol. The summed E-state index contributed by atoms with van der Waals surface area (Å²) in [5.41, 5.74) is 7.23. The van der Waals surface area contributed by atoms with Crippen molar-refractivity contribution >= 4 is 43.4 Å². The molecular weight excluding hydrogens is 448 g/mol. The number of rotatable bonds is 4. The minimum atomic E-state index is -0.649. The lowest BCUT2D eigenvalue weighted by Crippen LogP contribution is -2.52. The van der Waals surface area contributed by atoms with Gasteiger partial charge in [0.15, 0.2) is 17.1 Å². The van der Waals surface area contributed by atoms with Crippen LogP contribution in [-0.2, 0) is 0 Å². The minimum absolute atomic E-state index is 0.0181. The summed E-state index contributed by atoms with van der Waals surface area (Å²) in [4.78, 5) is 14.2. The van der Waals surface area contributed by atoms with Crippen LogP contribution in [0.3, 0.4) is 0 Å². The summed E-state index contributed by atoms with van der Waals surface area (Å²) in [7, 11) is 0. The van der Waals surface area contributed by atoms with Crippen molar-refractivity contribution in [2.45, 2.75) is 13.0 Å². The monoisotopic (exact) mass is 463 g/mol. The number of anilines is 2. The van der Waals surface area contributed by atoms with Crippen molar-refractivity contribution in [2.24, 2.45) is 0 Å². The Bertz CT molecular complexity index is 1520. The molecule has 0 spiro atoms. The number of likely N-dealkylation sites (tertiary alicyclic amines) is 1. The Morgan fingerprint density at radius 3 is 2.79 bits per heavy atom. The number of halogens is 2. The summed E-state index contributed by atoms with van der Waals surface area (Å²) in [6.07, 6.45) is 9.28. The molecule has 164 valence electrons. The quantitative estimate of drug-likeness (QED) is 0.349. The van der Waals surface area contributed by atoms with Crippen LogP contribution in [0.5, 0.6) is 6.01 Å². The fourth-order valence-corrected chi connectivity index (χ4v) is 4.67. The van der Waals surface area contributed by atoms with Gasteiger partial charge in [0.05, 0.1) is 29.3 Å². The Labute approximate surface area is 190 Å². The van der Waals surface area contributed by atoms with E-state index in [4.69, 9.17) is 22.2 Å². The van der Waals surface area contributed by atoms with Gasteiger partial charge in [0, 0.05) is 16.5 Å². The fraction of sp³-hybridized carbons (Fsp3) is 0.182. The lowest BCUT2D eigenvalue weighted by atomic mass is 9.96. The topological polar surface area (TPSA) is 113 Å². The average Bonchev–Trinajstić information content (AvgIpc) is 3.15. The van der Waals surface area contributed by atoms with E-state index < -0.39 is 11.6 Å². The Kier molecular flexibility index (Phi) is 4.84. The number of nitrogens with one attached hydrogen (secondary N) is 1. The first kappa shape index (κ1) is 20.7. The van der Waals surface area contributed by atoms with Gasteiger partial charge in [0.25, 0.3) is 0 Å². The van der Waals surface area contributed by atoms with Crippen molar-refractivity contribution in [1.29, 1.82) is 5.26 Å². The predicted octanol–water partition coefficient (Wildman–Crippen LogP) is 3.62. The SMILES string of the molecule is C#COc1nc(NC2CN(C#N)C2)c2cc(C)c(-c3ccc(F)c4sc(N)nc34)c(F)c2n1. The third kappa shape index (κ3) is 3.39. The molecule has 0 radical (unpaired) electrons. The van der Waals surface area contributed by atoms with Crippen LogP contribution in [0.4, 0.5) is 19.7 Å². The van der Waals surface area contributed by atoms with Crippen molar-refractivity contribution in [1.82, 2.24) is 19.9 Å². The number of nitrogen functional groups attached to an aromatic ring is 1. The Balaban J connectivity index is 1.71. The third-order valence-electron chi connectivity index (χ3n) is 5.40. The van der Waals surface area contributed by atoms with Crippen molar-refractivity contribution in [3.05, 3.63) is 35.4 Å². The van der Waals surface area contributed by atoms with Gasteiger partial charge in [-0.25, -0.2) is 13.8 Å². The summed E-state index contributed by atoms with van der Waals surface area (Å²) in [6, 6.07) is 4.22. The van der Waals surface area contributed by atoms with Crippen LogP contribution in [0.2, 0.25) is 0 Å². The van der Waals surface area contributed by atoms with E-state index in [2.05, 4.69) is 26.5 Å². The van der Waals surface area contributed by atoms with Gasteiger partial charge in [-0.05, 0) is 30.7 Å². The Morgan fingerprint density at radius 2 is 2.06 bits per heavy atom. The molecule has 0 amide bonds. The van der Waals surface area contributed by atoms with Crippen molar-refractivity contribution in [2.75, 3.05) is 24.1 Å². The summed E-state index contributed by atoms with van der Waals surface area (Å²) in [5, 5.41) is 12.8. The van der Waals surface area contributed by atoms with Gasteiger partial charge >= 0.3 is 6.01 Å². The lowest BCUT2D eigenvalue weighted by molar-refractivity contribution is 0.249. The molecule has 3 heterocycles. The van der Waals surface area contributed by atoms with E-state index in [0.29, 0.717) is 35.4 Å². The van der Waals surface area contributed by atoms with Gasteiger partial charge in [-0.3, -0.25) is 0 Å². The van der Waals surface area contributed by atoms with Crippen LogP contribution in [0, 0.1) is 42.5 Å². The molecule has 1 aliphatic heterocycles. The van der Waals surface area contributed by atoms with E-state index in [0.717, 1.165) is 11.3 Å². The molecule has 4 aromatic rings. The second-order valence-corrected chi connectivity index (χ2v) is 8.55. The van der Waals surface area contributed by atoms with Crippen molar-refractivity contribution in [3.8, 4) is 35.9 Å². The molecule has 0 aliphatic carbocycles. The highest BCUT2D eigenvalue weighted by Gasteiger charge is 2.28. The molecule has 33 heavy (non-hydrogen) atoms. The molecule has 8 nitrogen and oxygen atoms in total. The molecule has 5 rings (SSSR count). The highest BCUT2D eigenvalue weighted by Crippen LogP contribution is 2.40. The number of terminal acetylenes is 1. The number of nitrogens with zero attached hydrogens (tertiary/aromatic N) is 5. The summed E-state index contributed by atoms with van der Waals surface area (Å²) in [6.45, 7) is 2.72. The zero-order chi connectivity index (χ0) is 23.3. The smallest absolute Gasteiger partial charge is 0.333 e. The maximum absolute atomic E-state index is 16.0. The number of aromatic nitrogens is 3. The molecule has 0 atom stereocenters. The van der Waals surface area contributed by atoms with Gasteiger partial charge in [-0.1, -0.05) is 17.8 Å². The molecule has 1 fully saturated rings. The number of ether oxygens (including phenoxy) is 1. The Hall–Kier alpha value is -4.22. The molecule has 3 N–H and O–H groups in total. The highest BCUT2D eigenvalue weighted by atomic mass is 32.1. The van der Waals surface area contributed by atoms with Gasteiger partial charge in [0.2, 0.25) is 0 Å². The second-order valence-electron chi connectivity index (χ2n) is 7.52. The van der Waals surface area contributed by atoms with Crippen molar-refractivity contribution in [3.63, 3.8) is 0 Å². The second kappa shape index (κ2) is 7.73. The summed E-state index contributed by atoms with van der Waals surface area (Å²) < 4.78 is 35.5. The van der Waals surface area contributed by atoms with E-state index in [-0.39, 0.29) is 38.5 Å². The van der Waals surface area contributed by atoms with E-state index >= 15 is 4.39 Å². The van der Waals surface area contributed by atoms with Crippen LogP contribution in [0.25, 0.3) is 32.2 Å². The molecular formula is C22H15F2N7OS. The number of nitrogens with two attached hydrogens (primary N) is 1. The van der Waals surface area contributed by atoms with Crippen LogP contribution >= 0.6 is 11.3 Å². The molecule has 0 bridgehead atoms. The van der Waals surface area contributed by atoms with Gasteiger partial charge in [0.1, 0.15) is 23.3 Å². The lowest BCUT2D eigenvalue weighted by Gasteiger charge is -2.35. The van der Waals surface area contributed by atoms with E-state index in [1.54, 1.807) is 17.9 Å². The van der Waals surface area contributed by atoms with Gasteiger partial charge in [-0.15, -0.1) is 0 Å². The molecule has 0 saturated carbocycles. The first-order valence-corrected chi connectivity index (χ1v) is 10.6. The Morgan fingerprint density at radius 1 is 1.27 bits per heavy atom. The van der Waals surface area contributed by atoms with Crippen LogP contribution < -0.4 is 15.8 Å². The van der Waals surface area contributed by atoms with Crippen LogP contribution in [0.15, 0.2) is 18.2 Å². The first-order valence-electron chi connectivity index (χ1n) is 9.79. The largest absolute Gasteiger partial charge is 0.375 e. The zero-order valence-electron chi connectivity index (χ0n) is 17.2. The number of benzene rings is 2. The third-order valence-corrected chi connectivity index (χ3v) is 6.30. The first-order chi connectivity index (χ1) is 15.9. The van der Waals surface area contributed by atoms with Crippen molar-refractivity contribution < 1.29 is 13.5 Å². The zero-order valence-corrected chi connectivity index (χ0v) is 18.0. The molecule has 1 aliphatic rings. The van der Waals surface area contributed by atoms with E-state index in [9.17, 15) is 4.39 Å². The normalized spacial score (nSPS) is 13.5. The number of thiazole rings is 1. The fourth-order valence-electron chi connectivity index (χ4n) is 3.91. The molecule has 11 heteroatoms. The van der Waals surface area contributed by atoms with E-state index in [1.807, 2.05) is 6.11 Å². The number of hydrogen-bond donors (Lipinski definition) is 2. The summed E-state index contributed by atoms with van der Waals surface area (Å²) in [5.74, 6) is -0.792.